The highest BCUT2D eigenvalue weighted by atomic mass is 32.2. The maximum absolute atomic E-state index is 12.2. The molecule has 0 spiro atoms. The Morgan fingerprint density at radius 2 is 2.09 bits per heavy atom. The van der Waals surface area contributed by atoms with Gasteiger partial charge in [0.25, 0.3) is 5.76 Å². The van der Waals surface area contributed by atoms with E-state index in [1.165, 1.54) is 24.3 Å². The molecule has 0 atom stereocenters. The van der Waals surface area contributed by atoms with Crippen LogP contribution in [0.15, 0.2) is 35.5 Å². The number of rotatable bonds is 6. The van der Waals surface area contributed by atoms with Crippen molar-refractivity contribution in [3.63, 3.8) is 0 Å². The van der Waals surface area contributed by atoms with Gasteiger partial charge in [-0.2, -0.15) is 13.5 Å². The summed E-state index contributed by atoms with van der Waals surface area (Å²) in [6, 6.07) is 5.86. The van der Waals surface area contributed by atoms with Gasteiger partial charge in [-0.3, -0.25) is 4.79 Å². The fourth-order valence-corrected chi connectivity index (χ4v) is 2.01. The number of nitrogens with zero attached hydrogens (tertiary/aromatic N) is 4. The first-order chi connectivity index (χ1) is 10.4. The van der Waals surface area contributed by atoms with Crippen LogP contribution in [0.4, 0.5) is 20.4 Å². The topological polar surface area (TPSA) is 103 Å². The van der Waals surface area contributed by atoms with Gasteiger partial charge < -0.3 is 15.4 Å². The molecule has 0 saturated carbocycles. The second-order valence-corrected chi connectivity index (χ2v) is 5.01. The highest BCUT2D eigenvalue weighted by molar-refractivity contribution is 7.99. The van der Waals surface area contributed by atoms with Crippen LogP contribution in [0.2, 0.25) is 0 Å². The molecule has 8 nitrogen and oxygen atoms in total. The maximum atomic E-state index is 12.2. The number of carbonyl (C=O) groups excluding carboxylic acids is 1. The van der Waals surface area contributed by atoms with Crippen LogP contribution in [0.5, 0.6) is 0 Å². The summed E-state index contributed by atoms with van der Waals surface area (Å²) in [5.74, 6) is -3.58. The van der Waals surface area contributed by atoms with Crippen LogP contribution in [0.3, 0.4) is 0 Å². The Labute approximate surface area is 126 Å². The first-order valence-corrected chi connectivity index (χ1v) is 6.70. The van der Waals surface area contributed by atoms with Crippen molar-refractivity contribution >= 4 is 29.3 Å². The zero-order valence-corrected chi connectivity index (χ0v) is 11.7. The summed E-state index contributed by atoms with van der Waals surface area (Å²) in [5, 5.41) is 16.4. The lowest BCUT2D eigenvalue weighted by Crippen LogP contribution is -2.19. The lowest BCUT2D eigenvalue weighted by atomic mass is 10.3. The van der Waals surface area contributed by atoms with Gasteiger partial charge in [-0.25, -0.2) is 0 Å². The van der Waals surface area contributed by atoms with Crippen LogP contribution in [0, 0.1) is 10.1 Å². The number of nitrogens with one attached hydrogen (secondary N) is 1. The van der Waals surface area contributed by atoms with E-state index in [0.717, 1.165) is 11.0 Å². The first-order valence-electron chi connectivity index (χ1n) is 5.82. The molecule has 1 N–H and O–H groups in total. The van der Waals surface area contributed by atoms with Gasteiger partial charge in [-0.15, -0.1) is 0 Å². The van der Waals surface area contributed by atoms with E-state index in [1.54, 1.807) is 0 Å². The second-order valence-electron chi connectivity index (χ2n) is 3.95. The van der Waals surface area contributed by atoms with Crippen LogP contribution in [-0.4, -0.2) is 31.4 Å². The van der Waals surface area contributed by atoms with Crippen LogP contribution in [0.25, 0.3) is 0 Å². The quantitative estimate of drug-likeness (QED) is 0.495. The average Bonchev–Trinajstić information content (AvgIpc) is 2.89. The maximum Gasteiger partial charge on any atom is 0.490 e. The third kappa shape index (κ3) is 4.48. The van der Waals surface area contributed by atoms with E-state index in [2.05, 4.69) is 15.4 Å². The van der Waals surface area contributed by atoms with Crippen molar-refractivity contribution in [3.05, 3.63) is 40.7 Å². The number of hydrogen-bond donors (Lipinski definition) is 1. The lowest BCUT2D eigenvalue weighted by molar-refractivity contribution is -0.394. The van der Waals surface area contributed by atoms with Crippen molar-refractivity contribution in [2.75, 3.05) is 5.32 Å². The molecule has 1 heterocycles. The summed E-state index contributed by atoms with van der Waals surface area (Å²) in [4.78, 5) is 25.2. The van der Waals surface area contributed by atoms with Gasteiger partial charge in [-0.05, 0) is 29.2 Å². The van der Waals surface area contributed by atoms with Crippen LogP contribution in [-0.2, 0) is 11.3 Å². The van der Waals surface area contributed by atoms with Gasteiger partial charge in [0.05, 0.1) is 0 Å². The predicted molar refractivity (Wildman–Crippen MR) is 73.6 cm³/mol. The monoisotopic (exact) mass is 329 g/mol. The Kier molecular flexibility index (Phi) is 4.99. The lowest BCUT2D eigenvalue weighted by Gasteiger charge is -2.05. The summed E-state index contributed by atoms with van der Waals surface area (Å²) in [6.07, 6.45) is 1.07. The molecule has 1 aromatic heterocycles. The number of aromatic nitrogens is 3. The number of hydrogen-bond acceptors (Lipinski definition) is 6. The molecule has 0 unspecified atom stereocenters. The molecule has 1 aromatic carbocycles. The zero-order valence-electron chi connectivity index (χ0n) is 10.8. The number of nitro groups is 1. The molecular weight excluding hydrogens is 320 g/mol. The normalized spacial score (nSPS) is 10.7. The molecule has 0 saturated heterocycles. The Balaban J connectivity index is 1.92. The Hall–Kier alpha value is -2.56. The third-order valence-corrected chi connectivity index (χ3v) is 3.08. The Bertz CT molecular complexity index is 677. The molecule has 22 heavy (non-hydrogen) atoms. The van der Waals surface area contributed by atoms with Crippen molar-refractivity contribution in [1.82, 2.24) is 14.8 Å². The Morgan fingerprint density at radius 3 is 2.64 bits per heavy atom. The van der Waals surface area contributed by atoms with Gasteiger partial charge in [0, 0.05) is 15.7 Å². The number of amides is 1. The number of thioether (sulfide) groups is 1. The van der Waals surface area contributed by atoms with Crippen LogP contribution >= 0.6 is 11.8 Å². The van der Waals surface area contributed by atoms with E-state index in [-0.39, 0.29) is 6.54 Å². The second kappa shape index (κ2) is 6.93. The highest BCUT2D eigenvalue weighted by Gasteiger charge is 2.15. The molecular formula is C11H9F2N5O3S. The van der Waals surface area contributed by atoms with Crippen molar-refractivity contribution in [1.29, 1.82) is 0 Å². The molecule has 2 rings (SSSR count). The van der Waals surface area contributed by atoms with E-state index in [9.17, 15) is 23.7 Å². The van der Waals surface area contributed by atoms with Crippen molar-refractivity contribution in [2.24, 2.45) is 0 Å². The zero-order chi connectivity index (χ0) is 16.1. The molecule has 0 aliphatic heterocycles. The highest BCUT2D eigenvalue weighted by Crippen LogP contribution is 2.26. The molecule has 0 fully saturated rings. The number of benzene rings is 1. The van der Waals surface area contributed by atoms with Gasteiger partial charge in [-0.1, -0.05) is 16.7 Å². The number of carbonyl (C=O) groups is 1. The van der Waals surface area contributed by atoms with Gasteiger partial charge >= 0.3 is 5.95 Å². The van der Waals surface area contributed by atoms with Crippen LogP contribution < -0.4 is 5.32 Å². The third-order valence-electron chi connectivity index (χ3n) is 2.36. The standard InChI is InChI=1S/C11H9F2N5O3S/c12-10(13)22-8-3-1-7(2-4-8)15-9(19)5-17-6-14-11(16-17)18(20)21/h1-4,6,10H,5H2,(H,15,19). The van der Waals surface area contributed by atoms with Crippen molar-refractivity contribution in [3.8, 4) is 0 Å². The number of anilines is 1. The fraction of sp³-hybridized carbons (Fsp3) is 0.182. The fourth-order valence-electron chi connectivity index (χ4n) is 1.51. The minimum absolute atomic E-state index is 0.256. The van der Waals surface area contributed by atoms with Crippen LogP contribution in [0.1, 0.15) is 0 Å². The summed E-state index contributed by atoms with van der Waals surface area (Å²) in [7, 11) is 0. The van der Waals surface area contributed by atoms with E-state index in [0.29, 0.717) is 22.3 Å². The van der Waals surface area contributed by atoms with Crippen molar-refractivity contribution < 1.29 is 18.5 Å². The summed E-state index contributed by atoms with van der Waals surface area (Å²) >= 11 is 0.402. The van der Waals surface area contributed by atoms with Gasteiger partial charge in [0.2, 0.25) is 12.2 Å². The molecule has 0 bridgehead atoms. The molecule has 0 radical (unpaired) electrons. The SMILES string of the molecule is O=C(Cn1cnc([N+](=O)[O-])n1)Nc1ccc(SC(F)F)cc1. The van der Waals surface area contributed by atoms with E-state index < -0.39 is 22.5 Å². The van der Waals surface area contributed by atoms with E-state index in [1.807, 2.05) is 0 Å². The van der Waals surface area contributed by atoms with E-state index >= 15 is 0 Å². The predicted octanol–water partition coefficient (Wildman–Crippen LogP) is 2.14. The molecule has 1 amide bonds. The Morgan fingerprint density at radius 1 is 1.41 bits per heavy atom. The smallest absolute Gasteiger partial charge is 0.390 e. The molecule has 11 heteroatoms. The number of alkyl halides is 2. The van der Waals surface area contributed by atoms with Gasteiger partial charge in [0.1, 0.15) is 6.54 Å². The van der Waals surface area contributed by atoms with Gasteiger partial charge in [0.15, 0.2) is 0 Å². The number of halogens is 2. The molecule has 0 aliphatic rings. The minimum atomic E-state index is -2.51. The summed E-state index contributed by atoms with van der Waals surface area (Å²) < 4.78 is 25.3. The molecule has 2 aromatic rings. The summed E-state index contributed by atoms with van der Waals surface area (Å²) in [6.45, 7) is -0.256. The molecule has 116 valence electrons. The average molecular weight is 329 g/mol. The van der Waals surface area contributed by atoms with E-state index in [4.69, 9.17) is 0 Å². The van der Waals surface area contributed by atoms with Crippen molar-refractivity contribution in [2.45, 2.75) is 17.2 Å². The first kappa shape index (κ1) is 15.8. The summed E-state index contributed by atoms with van der Waals surface area (Å²) in [5.41, 5.74) is 0.415. The molecule has 0 aliphatic carbocycles. The minimum Gasteiger partial charge on any atom is -0.390 e. The largest absolute Gasteiger partial charge is 0.490 e.